The van der Waals surface area contributed by atoms with Crippen LogP contribution in [0.4, 0.5) is 5.69 Å². The van der Waals surface area contributed by atoms with Gasteiger partial charge < -0.3 is 11.1 Å². The van der Waals surface area contributed by atoms with Crippen molar-refractivity contribution in [1.29, 1.82) is 0 Å². The molecule has 1 aromatic carbocycles. The number of nitrogens with zero attached hydrogens (tertiary/aromatic N) is 3. The Morgan fingerprint density at radius 1 is 1.53 bits per heavy atom. The van der Waals surface area contributed by atoms with Crippen LogP contribution in [0.1, 0.15) is 11.4 Å². The standard InChI is InChI=1S/C12H14BrN5S/c1-18-7-16-10(17-18)5-6-15-9-4-2-3-8(13)11(9)12(14)19/h2-4,7,15H,5-6H2,1H3,(H2,14,19). The molecule has 2 aromatic rings. The third kappa shape index (κ3) is 3.51. The molecule has 0 saturated carbocycles. The van der Waals surface area contributed by atoms with Crippen molar-refractivity contribution in [1.82, 2.24) is 14.8 Å². The summed E-state index contributed by atoms with van der Waals surface area (Å²) in [5.74, 6) is 0.807. The zero-order chi connectivity index (χ0) is 13.8. The van der Waals surface area contributed by atoms with Crippen molar-refractivity contribution in [3.8, 4) is 0 Å². The molecule has 2 rings (SSSR count). The molecule has 0 unspecified atom stereocenters. The Balaban J connectivity index is 2.03. The van der Waals surface area contributed by atoms with Crippen LogP contribution in [0, 0.1) is 0 Å². The van der Waals surface area contributed by atoms with Gasteiger partial charge in [-0.25, -0.2) is 4.98 Å². The summed E-state index contributed by atoms with van der Waals surface area (Å²) >= 11 is 8.52. The lowest BCUT2D eigenvalue weighted by Gasteiger charge is -2.12. The first-order valence-electron chi connectivity index (χ1n) is 5.74. The van der Waals surface area contributed by atoms with E-state index in [1.54, 1.807) is 11.0 Å². The SMILES string of the molecule is Cn1cnc(CCNc2cccc(Br)c2C(N)=S)n1. The van der Waals surface area contributed by atoms with E-state index in [0.717, 1.165) is 34.5 Å². The summed E-state index contributed by atoms with van der Waals surface area (Å²) in [7, 11) is 1.85. The van der Waals surface area contributed by atoms with Crippen molar-refractivity contribution < 1.29 is 0 Å². The van der Waals surface area contributed by atoms with E-state index < -0.39 is 0 Å². The molecule has 0 saturated heterocycles. The predicted molar refractivity (Wildman–Crippen MR) is 83.2 cm³/mol. The third-order valence-corrected chi connectivity index (χ3v) is 3.44. The number of benzene rings is 1. The fourth-order valence-electron chi connectivity index (χ4n) is 1.73. The maximum atomic E-state index is 5.73. The fraction of sp³-hybridized carbons (Fsp3) is 0.250. The summed E-state index contributed by atoms with van der Waals surface area (Å²) in [6.45, 7) is 0.718. The number of thiocarbonyl (C=S) groups is 1. The second-order valence-corrected chi connectivity index (χ2v) is 5.33. The van der Waals surface area contributed by atoms with Crippen LogP contribution >= 0.6 is 28.1 Å². The van der Waals surface area contributed by atoms with E-state index >= 15 is 0 Å². The third-order valence-electron chi connectivity index (χ3n) is 2.57. The van der Waals surface area contributed by atoms with Crippen molar-refractivity contribution in [2.24, 2.45) is 12.8 Å². The number of halogens is 1. The van der Waals surface area contributed by atoms with E-state index in [4.69, 9.17) is 18.0 Å². The fourth-order valence-corrected chi connectivity index (χ4v) is 2.66. The number of hydrogen-bond acceptors (Lipinski definition) is 4. The monoisotopic (exact) mass is 339 g/mol. The molecular formula is C12H14BrN5S. The van der Waals surface area contributed by atoms with Gasteiger partial charge in [-0.1, -0.05) is 18.3 Å². The molecule has 7 heteroatoms. The second kappa shape index (κ2) is 6.12. The topological polar surface area (TPSA) is 68.8 Å². The molecule has 0 aliphatic rings. The molecule has 0 bridgehead atoms. The van der Waals surface area contributed by atoms with E-state index in [-0.39, 0.29) is 0 Å². The highest BCUT2D eigenvalue weighted by Crippen LogP contribution is 2.24. The number of rotatable bonds is 5. The molecule has 0 amide bonds. The van der Waals surface area contributed by atoms with Gasteiger partial charge in [0.05, 0.1) is 0 Å². The molecular weight excluding hydrogens is 326 g/mol. The van der Waals surface area contributed by atoms with Gasteiger partial charge in [0.1, 0.15) is 11.3 Å². The number of nitrogens with two attached hydrogens (primary N) is 1. The summed E-state index contributed by atoms with van der Waals surface area (Å²) in [4.78, 5) is 4.54. The largest absolute Gasteiger partial charge is 0.389 e. The minimum Gasteiger partial charge on any atom is -0.389 e. The lowest BCUT2D eigenvalue weighted by molar-refractivity contribution is 0.742. The second-order valence-electron chi connectivity index (χ2n) is 4.04. The van der Waals surface area contributed by atoms with Crippen LogP contribution in [0.5, 0.6) is 0 Å². The van der Waals surface area contributed by atoms with Gasteiger partial charge in [-0.2, -0.15) is 5.10 Å². The number of aryl methyl sites for hydroxylation is 1. The average Bonchev–Trinajstić information content (AvgIpc) is 2.74. The smallest absolute Gasteiger partial charge is 0.152 e. The van der Waals surface area contributed by atoms with Crippen molar-refractivity contribution in [3.05, 3.63) is 40.4 Å². The van der Waals surface area contributed by atoms with Crippen molar-refractivity contribution >= 4 is 38.8 Å². The summed E-state index contributed by atoms with van der Waals surface area (Å²) in [6, 6.07) is 5.80. The average molecular weight is 340 g/mol. The number of aromatic nitrogens is 3. The first kappa shape index (κ1) is 14.0. The van der Waals surface area contributed by atoms with E-state index in [1.165, 1.54) is 0 Å². The van der Waals surface area contributed by atoms with E-state index in [2.05, 4.69) is 31.3 Å². The van der Waals surface area contributed by atoms with Gasteiger partial charge >= 0.3 is 0 Å². The van der Waals surface area contributed by atoms with Crippen LogP contribution in [0.3, 0.4) is 0 Å². The van der Waals surface area contributed by atoms with Gasteiger partial charge in [-0.05, 0) is 28.1 Å². The summed E-state index contributed by atoms with van der Waals surface area (Å²) < 4.78 is 2.58. The molecule has 100 valence electrons. The van der Waals surface area contributed by atoms with Crippen LogP contribution in [-0.2, 0) is 13.5 Å². The van der Waals surface area contributed by atoms with Crippen LogP contribution in [0.15, 0.2) is 29.0 Å². The van der Waals surface area contributed by atoms with Crippen LogP contribution in [-0.4, -0.2) is 26.3 Å². The predicted octanol–water partition coefficient (Wildman–Crippen LogP) is 1.87. The molecule has 0 spiro atoms. The molecule has 0 radical (unpaired) electrons. The lowest BCUT2D eigenvalue weighted by atomic mass is 10.1. The maximum Gasteiger partial charge on any atom is 0.152 e. The minimum atomic E-state index is 0.367. The Bertz CT molecular complexity index is 596. The van der Waals surface area contributed by atoms with E-state index in [9.17, 15) is 0 Å². The highest BCUT2D eigenvalue weighted by Gasteiger charge is 2.09. The summed E-state index contributed by atoms with van der Waals surface area (Å²) in [5.41, 5.74) is 7.48. The van der Waals surface area contributed by atoms with Crippen LogP contribution in [0.25, 0.3) is 0 Å². The quantitative estimate of drug-likeness (QED) is 0.814. The Hall–Kier alpha value is -1.47. The van der Waals surface area contributed by atoms with Crippen molar-refractivity contribution in [2.75, 3.05) is 11.9 Å². The van der Waals surface area contributed by atoms with Gasteiger partial charge in [0.25, 0.3) is 0 Å². The Kier molecular flexibility index (Phi) is 4.49. The normalized spacial score (nSPS) is 10.4. The molecule has 3 N–H and O–H groups in total. The van der Waals surface area contributed by atoms with Gasteiger partial charge in [-0.15, -0.1) is 0 Å². The van der Waals surface area contributed by atoms with Crippen LogP contribution in [0.2, 0.25) is 0 Å². The van der Waals surface area contributed by atoms with Crippen molar-refractivity contribution in [3.63, 3.8) is 0 Å². The summed E-state index contributed by atoms with van der Waals surface area (Å²) in [5, 5.41) is 7.53. The van der Waals surface area contributed by atoms with Crippen molar-refractivity contribution in [2.45, 2.75) is 6.42 Å². The Morgan fingerprint density at radius 2 is 2.32 bits per heavy atom. The summed E-state index contributed by atoms with van der Waals surface area (Å²) in [6.07, 6.45) is 2.43. The van der Waals surface area contributed by atoms with Gasteiger partial charge in [-0.3, -0.25) is 4.68 Å². The highest BCUT2D eigenvalue weighted by atomic mass is 79.9. The number of anilines is 1. The molecule has 0 atom stereocenters. The first-order chi connectivity index (χ1) is 9.08. The van der Waals surface area contributed by atoms with Crippen LogP contribution < -0.4 is 11.1 Å². The number of nitrogens with one attached hydrogen (secondary N) is 1. The Morgan fingerprint density at radius 3 is 2.95 bits per heavy atom. The molecule has 1 aromatic heterocycles. The van der Waals surface area contributed by atoms with Gasteiger partial charge in [0, 0.05) is 35.7 Å². The molecule has 5 nitrogen and oxygen atoms in total. The number of hydrogen-bond donors (Lipinski definition) is 2. The maximum absolute atomic E-state index is 5.73. The minimum absolute atomic E-state index is 0.367. The van der Waals surface area contributed by atoms with Gasteiger partial charge in [0.2, 0.25) is 0 Å². The molecule has 1 heterocycles. The molecule has 0 aliphatic carbocycles. The van der Waals surface area contributed by atoms with E-state index in [0.29, 0.717) is 4.99 Å². The highest BCUT2D eigenvalue weighted by molar-refractivity contribution is 9.10. The Labute approximate surface area is 125 Å². The zero-order valence-electron chi connectivity index (χ0n) is 10.4. The first-order valence-corrected chi connectivity index (χ1v) is 6.94. The zero-order valence-corrected chi connectivity index (χ0v) is 12.8. The van der Waals surface area contributed by atoms with E-state index in [1.807, 2.05) is 25.2 Å². The van der Waals surface area contributed by atoms with Gasteiger partial charge in [0.15, 0.2) is 5.82 Å². The molecule has 19 heavy (non-hydrogen) atoms. The lowest BCUT2D eigenvalue weighted by Crippen LogP contribution is -2.15. The molecule has 0 fully saturated rings. The molecule has 0 aliphatic heterocycles.